The van der Waals surface area contributed by atoms with Crippen LogP contribution in [0, 0.1) is 5.82 Å². The van der Waals surface area contributed by atoms with E-state index in [2.05, 4.69) is 4.74 Å². The first-order chi connectivity index (χ1) is 9.63. The summed E-state index contributed by atoms with van der Waals surface area (Å²) in [6.45, 7) is 2.62. The summed E-state index contributed by atoms with van der Waals surface area (Å²) in [6, 6.07) is 3.62. The van der Waals surface area contributed by atoms with Gasteiger partial charge in [0, 0.05) is 11.1 Å². The van der Waals surface area contributed by atoms with E-state index >= 15 is 0 Å². The molecule has 1 aliphatic rings. The van der Waals surface area contributed by atoms with Crippen molar-refractivity contribution in [2.24, 2.45) is 0 Å². The Morgan fingerprint density at radius 1 is 1.35 bits per heavy atom. The van der Waals surface area contributed by atoms with Gasteiger partial charge in [-0.2, -0.15) is 0 Å². The molecule has 1 aliphatic heterocycles. The van der Waals surface area contributed by atoms with E-state index < -0.39 is 23.9 Å². The number of carbonyl (C=O) groups excluding carboxylic acids is 2. The van der Waals surface area contributed by atoms with Crippen LogP contribution in [0.25, 0.3) is 0 Å². The first-order valence-corrected chi connectivity index (χ1v) is 6.37. The van der Waals surface area contributed by atoms with E-state index in [1.165, 1.54) is 12.1 Å². The first-order valence-electron chi connectivity index (χ1n) is 6.37. The third-order valence-corrected chi connectivity index (χ3v) is 2.80. The SMILES string of the molecule is CCOC(=O)C(=O)c1ccc(F)c(C2OCCCO2)c1. The second-order valence-corrected chi connectivity index (χ2v) is 4.21. The summed E-state index contributed by atoms with van der Waals surface area (Å²) in [5.74, 6) is -2.32. The maximum absolute atomic E-state index is 13.8. The molecule has 6 heteroatoms. The van der Waals surface area contributed by atoms with Crippen molar-refractivity contribution in [1.82, 2.24) is 0 Å². The molecule has 1 aromatic rings. The maximum atomic E-state index is 13.8. The quantitative estimate of drug-likeness (QED) is 0.480. The van der Waals surface area contributed by atoms with Crippen molar-refractivity contribution in [1.29, 1.82) is 0 Å². The summed E-state index contributed by atoms with van der Waals surface area (Å²) in [5, 5.41) is 0. The molecule has 5 nitrogen and oxygen atoms in total. The summed E-state index contributed by atoms with van der Waals surface area (Å²) in [6.07, 6.45) is -0.113. The lowest BCUT2D eigenvalue weighted by Crippen LogP contribution is -2.21. The number of Topliss-reactive ketones (excluding diaryl/α,β-unsaturated/α-hetero) is 1. The lowest BCUT2D eigenvalue weighted by atomic mass is 10.1. The van der Waals surface area contributed by atoms with Crippen molar-refractivity contribution in [3.8, 4) is 0 Å². The van der Waals surface area contributed by atoms with Gasteiger partial charge in [-0.15, -0.1) is 0 Å². The van der Waals surface area contributed by atoms with Crippen molar-refractivity contribution in [3.63, 3.8) is 0 Å². The topological polar surface area (TPSA) is 61.8 Å². The van der Waals surface area contributed by atoms with Crippen LogP contribution in [-0.4, -0.2) is 31.6 Å². The molecular weight excluding hydrogens is 267 g/mol. The highest BCUT2D eigenvalue weighted by Gasteiger charge is 2.24. The Hall–Kier alpha value is -1.79. The predicted octanol–water partition coefficient (Wildman–Crippen LogP) is 2.01. The van der Waals surface area contributed by atoms with E-state index in [-0.39, 0.29) is 17.7 Å². The molecule has 0 unspecified atom stereocenters. The number of esters is 1. The fourth-order valence-corrected chi connectivity index (χ4v) is 1.85. The van der Waals surface area contributed by atoms with Gasteiger partial charge in [0.05, 0.1) is 19.8 Å². The number of rotatable bonds is 4. The lowest BCUT2D eigenvalue weighted by Gasteiger charge is -2.24. The zero-order valence-electron chi connectivity index (χ0n) is 11.1. The van der Waals surface area contributed by atoms with Gasteiger partial charge in [-0.3, -0.25) is 4.79 Å². The third-order valence-electron chi connectivity index (χ3n) is 2.80. The van der Waals surface area contributed by atoms with Gasteiger partial charge in [-0.1, -0.05) is 0 Å². The second kappa shape index (κ2) is 6.58. The summed E-state index contributed by atoms with van der Waals surface area (Å²) >= 11 is 0. The van der Waals surface area contributed by atoms with Crippen LogP contribution in [0.3, 0.4) is 0 Å². The van der Waals surface area contributed by atoms with Crippen LogP contribution in [0.2, 0.25) is 0 Å². The summed E-state index contributed by atoms with van der Waals surface area (Å²) in [4.78, 5) is 23.2. The normalized spacial score (nSPS) is 15.9. The Balaban J connectivity index is 2.23. The van der Waals surface area contributed by atoms with Crippen LogP contribution in [0.1, 0.15) is 35.6 Å². The van der Waals surface area contributed by atoms with Gasteiger partial charge >= 0.3 is 5.97 Å². The Morgan fingerprint density at radius 3 is 2.70 bits per heavy atom. The van der Waals surface area contributed by atoms with Gasteiger partial charge in [0.25, 0.3) is 5.78 Å². The molecule has 0 aromatic heterocycles. The minimum Gasteiger partial charge on any atom is -0.460 e. The smallest absolute Gasteiger partial charge is 0.379 e. The molecule has 20 heavy (non-hydrogen) atoms. The Kier molecular flexibility index (Phi) is 4.81. The molecule has 108 valence electrons. The molecule has 0 atom stereocenters. The van der Waals surface area contributed by atoms with Gasteiger partial charge < -0.3 is 14.2 Å². The zero-order valence-corrected chi connectivity index (χ0v) is 11.1. The molecular formula is C14H15FO5. The van der Waals surface area contributed by atoms with E-state index in [9.17, 15) is 14.0 Å². The van der Waals surface area contributed by atoms with E-state index in [1.54, 1.807) is 6.92 Å². The van der Waals surface area contributed by atoms with Crippen LogP contribution in [-0.2, 0) is 19.0 Å². The average molecular weight is 282 g/mol. The number of halogens is 1. The number of carbonyl (C=O) groups is 2. The van der Waals surface area contributed by atoms with Gasteiger partial charge in [-0.05, 0) is 31.5 Å². The van der Waals surface area contributed by atoms with Crippen molar-refractivity contribution < 1.29 is 28.2 Å². The molecule has 0 N–H and O–H groups in total. The summed E-state index contributed by atoms with van der Waals surface area (Å²) < 4.78 is 29.0. The lowest BCUT2D eigenvalue weighted by molar-refractivity contribution is -0.184. The summed E-state index contributed by atoms with van der Waals surface area (Å²) in [5.41, 5.74) is 0.164. The number of ketones is 1. The van der Waals surface area contributed by atoms with Crippen LogP contribution in [0.15, 0.2) is 18.2 Å². The van der Waals surface area contributed by atoms with Gasteiger partial charge in [0.2, 0.25) is 0 Å². The van der Waals surface area contributed by atoms with E-state index in [4.69, 9.17) is 9.47 Å². The molecule has 1 fully saturated rings. The van der Waals surface area contributed by atoms with E-state index in [1.807, 2.05) is 0 Å². The van der Waals surface area contributed by atoms with Crippen molar-refractivity contribution in [2.75, 3.05) is 19.8 Å². The molecule has 0 amide bonds. The van der Waals surface area contributed by atoms with Crippen molar-refractivity contribution in [2.45, 2.75) is 19.6 Å². The highest BCUT2D eigenvalue weighted by atomic mass is 19.1. The van der Waals surface area contributed by atoms with Crippen LogP contribution < -0.4 is 0 Å². The highest BCUT2D eigenvalue weighted by molar-refractivity contribution is 6.40. The van der Waals surface area contributed by atoms with Gasteiger partial charge in [0.15, 0.2) is 6.29 Å². The highest BCUT2D eigenvalue weighted by Crippen LogP contribution is 2.26. The summed E-state index contributed by atoms with van der Waals surface area (Å²) in [7, 11) is 0. The van der Waals surface area contributed by atoms with Crippen molar-refractivity contribution >= 4 is 11.8 Å². The fraction of sp³-hybridized carbons (Fsp3) is 0.429. The van der Waals surface area contributed by atoms with Gasteiger partial charge in [0.1, 0.15) is 5.82 Å². The van der Waals surface area contributed by atoms with Gasteiger partial charge in [-0.25, -0.2) is 9.18 Å². The average Bonchev–Trinajstić information content (AvgIpc) is 2.48. The molecule has 0 radical (unpaired) electrons. The molecule has 1 heterocycles. The Bertz CT molecular complexity index is 508. The van der Waals surface area contributed by atoms with Crippen LogP contribution >= 0.6 is 0 Å². The zero-order chi connectivity index (χ0) is 14.5. The molecule has 1 saturated heterocycles. The molecule has 0 bridgehead atoms. The molecule has 2 rings (SSSR count). The standard InChI is InChI=1S/C14H15FO5/c1-2-18-13(17)12(16)9-4-5-11(15)10(8-9)14-19-6-3-7-20-14/h4-5,8,14H,2-3,6-7H2,1H3. The molecule has 0 spiro atoms. The maximum Gasteiger partial charge on any atom is 0.379 e. The number of hydrogen-bond acceptors (Lipinski definition) is 5. The van der Waals surface area contributed by atoms with E-state index in [0.717, 1.165) is 12.5 Å². The Morgan fingerprint density at radius 2 is 2.05 bits per heavy atom. The minimum absolute atomic E-state index is 0.0534. The number of hydrogen-bond donors (Lipinski definition) is 0. The second-order valence-electron chi connectivity index (χ2n) is 4.21. The number of ether oxygens (including phenoxy) is 3. The Labute approximate surface area is 115 Å². The van der Waals surface area contributed by atoms with E-state index in [0.29, 0.717) is 13.2 Å². The monoisotopic (exact) mass is 282 g/mol. The van der Waals surface area contributed by atoms with Crippen LogP contribution in [0.4, 0.5) is 4.39 Å². The predicted molar refractivity (Wildman–Crippen MR) is 66.6 cm³/mol. The number of benzene rings is 1. The third kappa shape index (κ3) is 3.20. The fourth-order valence-electron chi connectivity index (χ4n) is 1.85. The van der Waals surface area contributed by atoms with Crippen LogP contribution in [0.5, 0.6) is 0 Å². The first kappa shape index (κ1) is 14.6. The molecule has 0 saturated carbocycles. The van der Waals surface area contributed by atoms with Crippen molar-refractivity contribution in [3.05, 3.63) is 35.1 Å². The molecule has 1 aromatic carbocycles. The largest absolute Gasteiger partial charge is 0.460 e. The molecule has 0 aliphatic carbocycles. The minimum atomic E-state index is -0.962.